The van der Waals surface area contributed by atoms with Crippen molar-refractivity contribution in [3.63, 3.8) is 0 Å². The summed E-state index contributed by atoms with van der Waals surface area (Å²) >= 11 is 0. The lowest BCUT2D eigenvalue weighted by atomic mass is 9.80. The van der Waals surface area contributed by atoms with Crippen LogP contribution in [0.2, 0.25) is 0 Å². The van der Waals surface area contributed by atoms with Crippen molar-refractivity contribution in [1.29, 1.82) is 0 Å². The van der Waals surface area contributed by atoms with Crippen LogP contribution in [0.1, 0.15) is 68.3 Å². The van der Waals surface area contributed by atoms with E-state index in [1.165, 1.54) is 26.4 Å². The number of H-pyrrole nitrogens is 1. The normalized spacial score (nSPS) is 24.1. The minimum Gasteiger partial charge on any atom is -0.481 e. The first-order chi connectivity index (χ1) is 19.2. The predicted octanol–water partition coefficient (Wildman–Crippen LogP) is 4.35. The molecule has 3 fully saturated rings. The van der Waals surface area contributed by atoms with E-state index < -0.39 is 17.7 Å². The standard InChI is InChI=1S/C28H36F3N5O4/c1-39-12-10-28(30,31)18-3-5-19(6-4-18)33-25(37)17-7-11-36(27(15-17)8-9-27)26(38)23-14-22(34-35-23)20-13-24(40-2)32-16-21(20)29/h13-14,16-19H,3-12,15H2,1-2H3,(H,33,37)(H,34,35)/t17-,18?,19?/m0/s1. The van der Waals surface area contributed by atoms with Gasteiger partial charge in [-0.1, -0.05) is 0 Å². The zero-order valence-electron chi connectivity index (χ0n) is 22.9. The maximum atomic E-state index is 14.4. The molecule has 1 spiro atoms. The number of halogens is 3. The van der Waals surface area contributed by atoms with Crippen molar-refractivity contribution in [3.8, 4) is 17.1 Å². The van der Waals surface area contributed by atoms with Gasteiger partial charge in [0.1, 0.15) is 0 Å². The Morgan fingerprint density at radius 3 is 2.60 bits per heavy atom. The van der Waals surface area contributed by atoms with Gasteiger partial charge in [-0.2, -0.15) is 5.10 Å². The van der Waals surface area contributed by atoms with Gasteiger partial charge in [0.15, 0.2) is 11.5 Å². The van der Waals surface area contributed by atoms with Crippen molar-refractivity contribution >= 4 is 11.8 Å². The summed E-state index contributed by atoms with van der Waals surface area (Å²) in [5, 5.41) is 9.98. The minimum atomic E-state index is -2.75. The van der Waals surface area contributed by atoms with Gasteiger partial charge in [0.2, 0.25) is 11.8 Å². The summed E-state index contributed by atoms with van der Waals surface area (Å²) in [6.45, 7) is 0.446. The fraction of sp³-hybridized carbons (Fsp3) is 0.643. The maximum Gasteiger partial charge on any atom is 0.274 e. The third-order valence-electron chi connectivity index (χ3n) is 8.78. The zero-order valence-corrected chi connectivity index (χ0v) is 22.9. The minimum absolute atomic E-state index is 0.0342. The van der Waals surface area contributed by atoms with Gasteiger partial charge in [-0.05, 0) is 57.4 Å². The molecule has 0 radical (unpaired) electrons. The van der Waals surface area contributed by atoms with E-state index >= 15 is 0 Å². The van der Waals surface area contributed by atoms with E-state index in [4.69, 9.17) is 9.47 Å². The van der Waals surface area contributed by atoms with Gasteiger partial charge in [0.05, 0.1) is 25.6 Å². The third-order valence-corrected chi connectivity index (χ3v) is 8.78. The summed E-state index contributed by atoms with van der Waals surface area (Å²) in [6.07, 6.45) is 5.27. The van der Waals surface area contributed by atoms with Gasteiger partial charge in [0, 0.05) is 55.1 Å². The SMILES string of the molecule is COCCC(F)(F)C1CCC(NC(=O)[C@H]2CCN(C(=O)c3cc(-c4cc(OC)ncc4F)[nH]n3)C3(CC3)C2)CC1. The zero-order chi connectivity index (χ0) is 28.5. The Bertz CT molecular complexity index is 1230. The number of hydrogen-bond acceptors (Lipinski definition) is 6. The Labute approximate surface area is 231 Å². The summed E-state index contributed by atoms with van der Waals surface area (Å²) in [5.74, 6) is -4.31. The highest BCUT2D eigenvalue weighted by Gasteiger charge is 2.55. The first-order valence-corrected chi connectivity index (χ1v) is 13.9. The molecular weight excluding hydrogens is 527 g/mol. The Kier molecular flexibility index (Phi) is 8.08. The lowest BCUT2D eigenvalue weighted by molar-refractivity contribution is -0.128. The van der Waals surface area contributed by atoms with Gasteiger partial charge in [0.25, 0.3) is 11.8 Å². The maximum absolute atomic E-state index is 14.4. The Hall–Kier alpha value is -3.15. The van der Waals surface area contributed by atoms with Crippen LogP contribution < -0.4 is 10.1 Å². The second-order valence-corrected chi connectivity index (χ2v) is 11.3. The van der Waals surface area contributed by atoms with E-state index in [0.29, 0.717) is 50.8 Å². The molecule has 12 heteroatoms. The number of methoxy groups -OCH3 is 2. The molecule has 0 bridgehead atoms. The number of pyridine rings is 1. The van der Waals surface area contributed by atoms with Crippen molar-refractivity contribution in [2.45, 2.75) is 75.3 Å². The molecule has 2 aromatic rings. The molecule has 2 saturated carbocycles. The quantitative estimate of drug-likeness (QED) is 0.470. The van der Waals surface area contributed by atoms with E-state index in [0.717, 1.165) is 19.0 Å². The number of carbonyl (C=O) groups excluding carboxylic acids is 2. The van der Waals surface area contributed by atoms with Gasteiger partial charge in [-0.25, -0.2) is 18.2 Å². The summed E-state index contributed by atoms with van der Waals surface area (Å²) in [7, 11) is 2.86. The fourth-order valence-electron chi connectivity index (χ4n) is 6.22. The van der Waals surface area contributed by atoms with E-state index in [9.17, 15) is 22.8 Å². The van der Waals surface area contributed by atoms with Crippen LogP contribution in [0.4, 0.5) is 13.2 Å². The molecule has 3 heterocycles. The second kappa shape index (κ2) is 11.4. The van der Waals surface area contributed by atoms with Crippen LogP contribution in [0.3, 0.4) is 0 Å². The molecule has 218 valence electrons. The molecular formula is C28H36F3N5O4. The number of aromatic amines is 1. The number of amides is 2. The molecule has 2 aromatic heterocycles. The highest BCUT2D eigenvalue weighted by molar-refractivity contribution is 5.94. The first-order valence-electron chi connectivity index (χ1n) is 13.9. The topological polar surface area (TPSA) is 109 Å². The lowest BCUT2D eigenvalue weighted by Gasteiger charge is -2.40. The van der Waals surface area contributed by atoms with Crippen molar-refractivity contribution < 1.29 is 32.2 Å². The fourth-order valence-corrected chi connectivity index (χ4v) is 6.22. The third kappa shape index (κ3) is 5.82. The van der Waals surface area contributed by atoms with Crippen LogP contribution in [0, 0.1) is 17.7 Å². The van der Waals surface area contributed by atoms with Gasteiger partial charge in [-0.15, -0.1) is 0 Å². The highest BCUT2D eigenvalue weighted by Crippen LogP contribution is 2.50. The molecule has 1 atom stereocenters. The lowest BCUT2D eigenvalue weighted by Crippen LogP contribution is -2.52. The molecule has 3 aliphatic rings. The molecule has 2 aliphatic carbocycles. The predicted molar refractivity (Wildman–Crippen MR) is 139 cm³/mol. The molecule has 2 amide bonds. The number of hydrogen-bond donors (Lipinski definition) is 2. The Balaban J connectivity index is 1.16. The van der Waals surface area contributed by atoms with Crippen molar-refractivity contribution in [1.82, 2.24) is 25.4 Å². The largest absolute Gasteiger partial charge is 0.481 e. The number of aromatic nitrogens is 3. The van der Waals surface area contributed by atoms with E-state index in [-0.39, 0.29) is 59.5 Å². The molecule has 40 heavy (non-hydrogen) atoms. The van der Waals surface area contributed by atoms with E-state index in [1.54, 1.807) is 4.90 Å². The van der Waals surface area contributed by atoms with Crippen molar-refractivity contribution in [3.05, 3.63) is 29.8 Å². The van der Waals surface area contributed by atoms with Gasteiger partial charge < -0.3 is 19.7 Å². The monoisotopic (exact) mass is 563 g/mol. The highest BCUT2D eigenvalue weighted by atomic mass is 19.3. The van der Waals surface area contributed by atoms with Crippen LogP contribution in [-0.4, -0.2) is 76.8 Å². The van der Waals surface area contributed by atoms with Crippen LogP contribution in [0.15, 0.2) is 18.3 Å². The number of nitrogens with one attached hydrogen (secondary N) is 2. The van der Waals surface area contributed by atoms with E-state index in [1.807, 2.05) is 0 Å². The van der Waals surface area contributed by atoms with Crippen LogP contribution in [0.25, 0.3) is 11.3 Å². The first kappa shape index (κ1) is 28.4. The smallest absolute Gasteiger partial charge is 0.274 e. The molecule has 0 unspecified atom stereocenters. The molecule has 1 aliphatic heterocycles. The summed E-state index contributed by atoms with van der Waals surface area (Å²) < 4.78 is 53.0. The molecule has 5 rings (SSSR count). The average Bonchev–Trinajstić information content (AvgIpc) is 3.53. The summed E-state index contributed by atoms with van der Waals surface area (Å²) in [6, 6.07) is 2.85. The van der Waals surface area contributed by atoms with Crippen LogP contribution in [-0.2, 0) is 9.53 Å². The molecule has 1 saturated heterocycles. The second-order valence-electron chi connectivity index (χ2n) is 11.3. The summed E-state index contributed by atoms with van der Waals surface area (Å²) in [4.78, 5) is 32.2. The number of nitrogens with zero attached hydrogens (tertiary/aromatic N) is 3. The average molecular weight is 564 g/mol. The number of likely N-dealkylation sites (tertiary alicyclic amines) is 1. The number of ether oxygens (including phenoxy) is 2. The van der Waals surface area contributed by atoms with Gasteiger partial charge >= 0.3 is 0 Å². The molecule has 9 nitrogen and oxygen atoms in total. The Morgan fingerprint density at radius 2 is 1.93 bits per heavy atom. The number of carbonyl (C=O) groups is 2. The van der Waals surface area contributed by atoms with Gasteiger partial charge in [-0.3, -0.25) is 14.7 Å². The Morgan fingerprint density at radius 1 is 1.18 bits per heavy atom. The molecule has 2 N–H and O–H groups in total. The van der Waals surface area contributed by atoms with Crippen molar-refractivity contribution in [2.75, 3.05) is 27.4 Å². The number of alkyl halides is 2. The van der Waals surface area contributed by atoms with Crippen molar-refractivity contribution in [2.24, 2.45) is 11.8 Å². The van der Waals surface area contributed by atoms with Crippen LogP contribution >= 0.6 is 0 Å². The van der Waals surface area contributed by atoms with Crippen LogP contribution in [0.5, 0.6) is 5.88 Å². The van der Waals surface area contributed by atoms with E-state index in [2.05, 4.69) is 20.5 Å². The summed E-state index contributed by atoms with van der Waals surface area (Å²) in [5.41, 5.74) is 0.329. The number of piperidine rings is 1. The molecule has 0 aromatic carbocycles. The number of rotatable bonds is 9.